The highest BCUT2D eigenvalue weighted by Crippen LogP contribution is 2.25. The van der Waals surface area contributed by atoms with Crippen LogP contribution in [0.15, 0.2) is 33.7 Å². The molecule has 0 saturated carbocycles. The van der Waals surface area contributed by atoms with Gasteiger partial charge in [0.15, 0.2) is 5.96 Å². The Morgan fingerprint density at radius 3 is 2.78 bits per heavy atom. The normalized spacial score (nSPS) is 23.5. The summed E-state index contributed by atoms with van der Waals surface area (Å²) in [6.07, 6.45) is 2.55. The molecular formula is C20H28IN3O3. The van der Waals surface area contributed by atoms with Crippen molar-refractivity contribution in [1.29, 1.82) is 0 Å². The molecule has 3 heterocycles. The van der Waals surface area contributed by atoms with E-state index >= 15 is 0 Å². The van der Waals surface area contributed by atoms with Crippen molar-refractivity contribution in [3.8, 4) is 0 Å². The van der Waals surface area contributed by atoms with E-state index in [1.807, 2.05) is 25.2 Å². The molecule has 2 saturated heterocycles. The summed E-state index contributed by atoms with van der Waals surface area (Å²) in [4.78, 5) is 6.72. The van der Waals surface area contributed by atoms with Gasteiger partial charge in [-0.1, -0.05) is 18.2 Å². The predicted molar refractivity (Wildman–Crippen MR) is 117 cm³/mol. The van der Waals surface area contributed by atoms with Crippen LogP contribution >= 0.6 is 24.0 Å². The summed E-state index contributed by atoms with van der Waals surface area (Å²) in [7, 11) is 1.82. The summed E-state index contributed by atoms with van der Waals surface area (Å²) in [5, 5.41) is 4.62. The van der Waals surface area contributed by atoms with Gasteiger partial charge in [-0.05, 0) is 25.8 Å². The first kappa shape index (κ1) is 20.4. The molecule has 6 nitrogen and oxygen atoms in total. The van der Waals surface area contributed by atoms with Crippen molar-refractivity contribution in [2.45, 2.75) is 38.5 Å². The van der Waals surface area contributed by atoms with Crippen LogP contribution in [0, 0.1) is 6.92 Å². The van der Waals surface area contributed by atoms with Gasteiger partial charge in [0.25, 0.3) is 0 Å². The molecule has 0 spiro atoms. The van der Waals surface area contributed by atoms with Gasteiger partial charge >= 0.3 is 0 Å². The van der Waals surface area contributed by atoms with E-state index < -0.39 is 0 Å². The molecule has 0 radical (unpaired) electrons. The second-order valence-electron chi connectivity index (χ2n) is 6.95. The molecule has 2 aliphatic rings. The van der Waals surface area contributed by atoms with Crippen LogP contribution in [-0.4, -0.2) is 56.4 Å². The number of hydrogen-bond donors (Lipinski definition) is 1. The first-order valence-electron chi connectivity index (χ1n) is 9.42. The Labute approximate surface area is 177 Å². The maximum atomic E-state index is 6.00. The lowest BCUT2D eigenvalue weighted by Gasteiger charge is -2.37. The molecule has 2 aliphatic heterocycles. The summed E-state index contributed by atoms with van der Waals surface area (Å²) in [5.74, 6) is 1.84. The second kappa shape index (κ2) is 9.25. The Balaban J connectivity index is 0.00000210. The topological polar surface area (TPSA) is 59.2 Å². The fourth-order valence-electron chi connectivity index (χ4n) is 3.87. The van der Waals surface area contributed by atoms with E-state index in [0.717, 1.165) is 49.8 Å². The highest BCUT2D eigenvalue weighted by Gasteiger charge is 2.32. The molecule has 2 fully saturated rings. The molecule has 0 amide bonds. The van der Waals surface area contributed by atoms with Crippen LogP contribution in [0.25, 0.3) is 11.0 Å². The average Bonchev–Trinajstić information content (AvgIpc) is 3.32. The molecule has 1 aromatic heterocycles. The lowest BCUT2D eigenvalue weighted by atomic mass is 10.1. The van der Waals surface area contributed by atoms with Crippen LogP contribution in [0.3, 0.4) is 0 Å². The second-order valence-corrected chi connectivity index (χ2v) is 6.95. The molecule has 27 heavy (non-hydrogen) atoms. The van der Waals surface area contributed by atoms with Gasteiger partial charge in [0.2, 0.25) is 0 Å². The zero-order valence-corrected chi connectivity index (χ0v) is 18.3. The van der Waals surface area contributed by atoms with Crippen LogP contribution < -0.4 is 5.32 Å². The number of benzene rings is 1. The van der Waals surface area contributed by atoms with Crippen molar-refractivity contribution in [2.24, 2.45) is 4.99 Å². The number of nitrogens with one attached hydrogen (secondary N) is 1. The number of rotatable bonds is 3. The van der Waals surface area contributed by atoms with E-state index in [1.165, 1.54) is 10.9 Å². The smallest absolute Gasteiger partial charge is 0.194 e. The van der Waals surface area contributed by atoms with E-state index in [-0.39, 0.29) is 36.2 Å². The number of nitrogens with zero attached hydrogens (tertiary/aromatic N) is 2. The zero-order valence-electron chi connectivity index (χ0n) is 15.9. The van der Waals surface area contributed by atoms with Gasteiger partial charge in [-0.25, -0.2) is 0 Å². The Bertz CT molecular complexity index is 786. The van der Waals surface area contributed by atoms with Crippen LogP contribution in [-0.2, 0) is 16.0 Å². The van der Waals surface area contributed by atoms with Crippen molar-refractivity contribution in [3.63, 3.8) is 0 Å². The first-order valence-corrected chi connectivity index (χ1v) is 9.42. The van der Waals surface area contributed by atoms with Gasteiger partial charge in [0, 0.05) is 37.7 Å². The summed E-state index contributed by atoms with van der Waals surface area (Å²) < 4.78 is 17.7. The zero-order chi connectivity index (χ0) is 17.9. The van der Waals surface area contributed by atoms with Gasteiger partial charge in [0.05, 0.1) is 19.3 Å². The van der Waals surface area contributed by atoms with Gasteiger partial charge in [-0.15, -0.1) is 24.0 Å². The monoisotopic (exact) mass is 485 g/mol. The van der Waals surface area contributed by atoms with E-state index in [1.54, 1.807) is 0 Å². The third-order valence-electron chi connectivity index (χ3n) is 5.33. The standard InChI is InChI=1S/C20H27N3O3.HI/c1-14-15-6-3-4-7-16(15)26-18(14)12-22-20(21-2)23-9-11-25-19(13-23)17-8-5-10-24-17;/h3-4,6-7,17,19H,5,8-13H2,1-2H3,(H,21,22);1H. The number of furan rings is 1. The van der Waals surface area contributed by atoms with Crippen LogP contribution in [0.4, 0.5) is 0 Å². The number of hydrogen-bond acceptors (Lipinski definition) is 4. The highest BCUT2D eigenvalue weighted by molar-refractivity contribution is 14.0. The van der Waals surface area contributed by atoms with E-state index in [9.17, 15) is 0 Å². The van der Waals surface area contributed by atoms with E-state index in [4.69, 9.17) is 13.9 Å². The molecule has 1 N–H and O–H groups in total. The molecule has 2 unspecified atom stereocenters. The van der Waals surface area contributed by atoms with Crippen molar-refractivity contribution in [3.05, 3.63) is 35.6 Å². The Kier molecular flexibility index (Phi) is 6.99. The Hall–Kier alpha value is -1.32. The first-order chi connectivity index (χ1) is 12.8. The maximum absolute atomic E-state index is 6.00. The molecule has 1 aromatic carbocycles. The summed E-state index contributed by atoms with van der Waals surface area (Å²) in [6, 6.07) is 8.15. The van der Waals surface area contributed by atoms with Crippen LogP contribution in [0.2, 0.25) is 0 Å². The molecule has 2 atom stereocenters. The molecule has 148 valence electrons. The number of halogens is 1. The van der Waals surface area contributed by atoms with E-state index in [2.05, 4.69) is 28.2 Å². The third kappa shape index (κ3) is 4.41. The SMILES string of the molecule is CN=C(NCc1oc2ccccc2c1C)N1CCOC(C2CCCO2)C1.I. The number of fused-ring (bicyclic) bond motifs is 1. The highest BCUT2D eigenvalue weighted by atomic mass is 127. The predicted octanol–water partition coefficient (Wildman–Crippen LogP) is 3.31. The Morgan fingerprint density at radius 1 is 1.22 bits per heavy atom. The number of guanidine groups is 1. The van der Waals surface area contributed by atoms with Gasteiger partial charge in [0.1, 0.15) is 17.4 Å². The summed E-state index contributed by atoms with van der Waals surface area (Å²) in [5.41, 5.74) is 2.12. The van der Waals surface area contributed by atoms with Crippen molar-refractivity contribution in [2.75, 3.05) is 33.4 Å². The quantitative estimate of drug-likeness (QED) is 0.411. The lowest BCUT2D eigenvalue weighted by molar-refractivity contribution is -0.0817. The summed E-state index contributed by atoms with van der Waals surface area (Å²) >= 11 is 0. The minimum absolute atomic E-state index is 0. The minimum atomic E-state index is 0. The van der Waals surface area contributed by atoms with Crippen molar-refractivity contribution in [1.82, 2.24) is 10.2 Å². The van der Waals surface area contributed by atoms with Gasteiger partial charge in [-0.3, -0.25) is 4.99 Å². The van der Waals surface area contributed by atoms with Gasteiger partial charge in [-0.2, -0.15) is 0 Å². The number of morpholine rings is 1. The van der Waals surface area contributed by atoms with Crippen LogP contribution in [0.5, 0.6) is 0 Å². The molecular weight excluding hydrogens is 457 g/mol. The van der Waals surface area contributed by atoms with Crippen LogP contribution in [0.1, 0.15) is 24.2 Å². The van der Waals surface area contributed by atoms with Crippen molar-refractivity contribution >= 4 is 40.9 Å². The molecule has 4 rings (SSSR count). The Morgan fingerprint density at radius 2 is 2.04 bits per heavy atom. The number of ether oxygens (including phenoxy) is 2. The van der Waals surface area contributed by atoms with E-state index in [0.29, 0.717) is 13.2 Å². The van der Waals surface area contributed by atoms with Gasteiger partial charge < -0.3 is 24.1 Å². The fraction of sp³-hybridized carbons (Fsp3) is 0.550. The molecule has 0 bridgehead atoms. The molecule has 0 aliphatic carbocycles. The van der Waals surface area contributed by atoms with Crippen molar-refractivity contribution < 1.29 is 13.9 Å². The third-order valence-corrected chi connectivity index (χ3v) is 5.33. The maximum Gasteiger partial charge on any atom is 0.194 e. The fourth-order valence-corrected chi connectivity index (χ4v) is 3.87. The minimum Gasteiger partial charge on any atom is -0.459 e. The lowest BCUT2D eigenvalue weighted by Crippen LogP contribution is -2.53. The molecule has 7 heteroatoms. The summed E-state index contributed by atoms with van der Waals surface area (Å²) in [6.45, 7) is 5.92. The number of aliphatic imine (C=N–C) groups is 1. The largest absolute Gasteiger partial charge is 0.459 e. The number of para-hydroxylation sites is 1. The number of aryl methyl sites for hydroxylation is 1. The molecule has 2 aromatic rings. The average molecular weight is 485 g/mol.